The molecule has 21 heavy (non-hydrogen) atoms. The van der Waals surface area contributed by atoms with E-state index in [4.69, 9.17) is 4.74 Å². The summed E-state index contributed by atoms with van der Waals surface area (Å²) in [6, 6.07) is 4.98. The highest BCUT2D eigenvalue weighted by atomic mass is 16.6. The van der Waals surface area contributed by atoms with Gasteiger partial charge in [0.2, 0.25) is 0 Å². The van der Waals surface area contributed by atoms with E-state index in [1.165, 1.54) is 31.2 Å². The lowest BCUT2D eigenvalue weighted by Crippen LogP contribution is -2.27. The van der Waals surface area contributed by atoms with Crippen molar-refractivity contribution in [3.05, 3.63) is 39.9 Å². The minimum absolute atomic E-state index is 0.119. The van der Waals surface area contributed by atoms with Crippen molar-refractivity contribution in [2.75, 3.05) is 6.61 Å². The smallest absolute Gasteiger partial charge is 0.316 e. The molecule has 0 amide bonds. The summed E-state index contributed by atoms with van der Waals surface area (Å²) >= 11 is 0. The van der Waals surface area contributed by atoms with Gasteiger partial charge in [-0.3, -0.25) is 24.5 Å². The summed E-state index contributed by atoms with van der Waals surface area (Å²) < 4.78 is 4.75. The highest BCUT2D eigenvalue weighted by molar-refractivity contribution is 6.05. The van der Waals surface area contributed by atoms with Crippen LogP contribution in [-0.2, 0) is 14.3 Å². The molecule has 0 N–H and O–H groups in total. The van der Waals surface area contributed by atoms with Gasteiger partial charge in [0.1, 0.15) is 11.7 Å². The van der Waals surface area contributed by atoms with Gasteiger partial charge in [-0.25, -0.2) is 0 Å². The quantitative estimate of drug-likeness (QED) is 0.250. The monoisotopic (exact) mass is 293 g/mol. The molecule has 1 aromatic rings. The number of hydrogen-bond acceptors (Lipinski definition) is 6. The molecule has 7 nitrogen and oxygen atoms in total. The molecule has 112 valence electrons. The lowest BCUT2D eigenvalue weighted by Gasteiger charge is -2.11. The summed E-state index contributed by atoms with van der Waals surface area (Å²) in [7, 11) is 0. The molecular formula is C14H15NO6. The first-order valence-electron chi connectivity index (χ1n) is 6.31. The van der Waals surface area contributed by atoms with Crippen LogP contribution >= 0.6 is 0 Å². The Balaban J connectivity index is 2.84. The Kier molecular flexibility index (Phi) is 5.71. The Morgan fingerprint density at radius 1 is 1.24 bits per heavy atom. The topological polar surface area (TPSA) is 104 Å². The van der Waals surface area contributed by atoms with Crippen LogP contribution in [0, 0.1) is 16.0 Å². The third-order valence-electron chi connectivity index (χ3n) is 2.85. The first-order chi connectivity index (χ1) is 9.86. The fourth-order valence-electron chi connectivity index (χ4n) is 1.71. The van der Waals surface area contributed by atoms with Crippen LogP contribution in [-0.4, -0.2) is 29.1 Å². The number of nitrogens with zero attached hydrogens (tertiary/aromatic N) is 1. The van der Waals surface area contributed by atoms with Gasteiger partial charge in [-0.1, -0.05) is 0 Å². The molecule has 0 aliphatic carbocycles. The molecule has 1 aromatic carbocycles. The Hall–Kier alpha value is -2.57. The fraction of sp³-hybridized carbons (Fsp3) is 0.357. The molecule has 0 heterocycles. The lowest BCUT2D eigenvalue weighted by molar-refractivity contribution is -0.384. The zero-order valence-electron chi connectivity index (χ0n) is 11.7. The summed E-state index contributed by atoms with van der Waals surface area (Å²) in [6.45, 7) is 2.94. The number of esters is 1. The summed E-state index contributed by atoms with van der Waals surface area (Å²) in [5.41, 5.74) is 0.0659. The Labute approximate surface area is 121 Å². The molecule has 0 spiro atoms. The first kappa shape index (κ1) is 16.5. The summed E-state index contributed by atoms with van der Waals surface area (Å²) in [5.74, 6) is -2.78. The molecule has 0 aliphatic rings. The number of carbonyl (C=O) groups is 3. The van der Waals surface area contributed by atoms with Crippen LogP contribution in [0.3, 0.4) is 0 Å². The average Bonchev–Trinajstić information content (AvgIpc) is 2.44. The van der Waals surface area contributed by atoms with Crippen LogP contribution in [0.4, 0.5) is 5.69 Å². The lowest BCUT2D eigenvalue weighted by atomic mass is 9.95. The number of non-ortho nitro benzene ring substituents is 1. The molecule has 1 unspecified atom stereocenters. The first-order valence-corrected chi connectivity index (χ1v) is 6.31. The highest BCUT2D eigenvalue weighted by Gasteiger charge is 2.28. The predicted octanol–water partition coefficient (Wildman–Crippen LogP) is 1.94. The van der Waals surface area contributed by atoms with Crippen LogP contribution < -0.4 is 0 Å². The van der Waals surface area contributed by atoms with Crippen molar-refractivity contribution in [3.63, 3.8) is 0 Å². The zero-order valence-corrected chi connectivity index (χ0v) is 11.7. The van der Waals surface area contributed by atoms with Crippen LogP contribution in [0.5, 0.6) is 0 Å². The molecule has 0 radical (unpaired) electrons. The second-order valence-electron chi connectivity index (χ2n) is 4.35. The molecule has 0 saturated carbocycles. The van der Waals surface area contributed by atoms with Gasteiger partial charge in [0.15, 0.2) is 5.78 Å². The molecule has 0 saturated heterocycles. The van der Waals surface area contributed by atoms with Crippen molar-refractivity contribution in [2.45, 2.75) is 20.3 Å². The van der Waals surface area contributed by atoms with Crippen molar-refractivity contribution in [1.29, 1.82) is 0 Å². The second kappa shape index (κ2) is 7.28. The van der Waals surface area contributed by atoms with Crippen molar-refractivity contribution >= 4 is 23.2 Å². The largest absolute Gasteiger partial charge is 0.465 e. The molecule has 7 heteroatoms. The van der Waals surface area contributed by atoms with E-state index in [0.29, 0.717) is 0 Å². The number of Topliss-reactive ketones (excluding diaryl/α,β-unsaturated/α-hetero) is 2. The van der Waals surface area contributed by atoms with Gasteiger partial charge in [-0.2, -0.15) is 0 Å². The molecule has 1 rings (SSSR count). The van der Waals surface area contributed by atoms with E-state index in [2.05, 4.69) is 0 Å². The van der Waals surface area contributed by atoms with Crippen molar-refractivity contribution in [2.24, 2.45) is 5.92 Å². The fourth-order valence-corrected chi connectivity index (χ4v) is 1.71. The van der Waals surface area contributed by atoms with E-state index in [9.17, 15) is 24.5 Å². The van der Waals surface area contributed by atoms with Gasteiger partial charge < -0.3 is 4.74 Å². The highest BCUT2D eigenvalue weighted by Crippen LogP contribution is 2.16. The maximum Gasteiger partial charge on any atom is 0.316 e. The van der Waals surface area contributed by atoms with Crippen molar-refractivity contribution in [1.82, 2.24) is 0 Å². The van der Waals surface area contributed by atoms with E-state index < -0.39 is 28.4 Å². The average molecular weight is 293 g/mol. The molecule has 0 bridgehead atoms. The van der Waals surface area contributed by atoms with Crippen molar-refractivity contribution < 1.29 is 24.0 Å². The molecule has 1 atom stereocenters. The van der Waals surface area contributed by atoms with Crippen LogP contribution in [0.25, 0.3) is 0 Å². The molecule has 0 fully saturated rings. The van der Waals surface area contributed by atoms with E-state index in [1.54, 1.807) is 6.92 Å². The molecule has 0 aliphatic heterocycles. The van der Waals surface area contributed by atoms with Crippen LogP contribution in [0.15, 0.2) is 24.3 Å². The third-order valence-corrected chi connectivity index (χ3v) is 2.85. The van der Waals surface area contributed by atoms with Gasteiger partial charge >= 0.3 is 5.97 Å². The van der Waals surface area contributed by atoms with Crippen LogP contribution in [0.1, 0.15) is 30.6 Å². The SMILES string of the molecule is CCOC(=O)C(CC(=O)c1ccc([N+](=O)[O-])cc1)C(C)=O. The van der Waals surface area contributed by atoms with Gasteiger partial charge in [0.05, 0.1) is 11.5 Å². The summed E-state index contributed by atoms with van der Waals surface area (Å²) in [5, 5.41) is 10.5. The minimum atomic E-state index is -1.15. The standard InChI is InChI=1S/C14H15NO6/c1-3-21-14(18)12(9(2)16)8-13(17)10-4-6-11(7-5-10)15(19)20/h4-7,12H,3,8H2,1-2H3. The number of benzene rings is 1. The van der Waals surface area contributed by atoms with Gasteiger partial charge in [0, 0.05) is 24.1 Å². The van der Waals surface area contributed by atoms with Crippen LogP contribution in [0.2, 0.25) is 0 Å². The maximum atomic E-state index is 12.0. The van der Waals surface area contributed by atoms with E-state index in [-0.39, 0.29) is 24.3 Å². The number of carbonyl (C=O) groups excluding carboxylic acids is 3. The van der Waals surface area contributed by atoms with Gasteiger partial charge in [-0.05, 0) is 26.0 Å². The Morgan fingerprint density at radius 2 is 1.81 bits per heavy atom. The number of nitro benzene ring substituents is 1. The Morgan fingerprint density at radius 3 is 2.24 bits per heavy atom. The second-order valence-corrected chi connectivity index (χ2v) is 4.35. The van der Waals surface area contributed by atoms with E-state index >= 15 is 0 Å². The van der Waals surface area contributed by atoms with Gasteiger partial charge in [-0.15, -0.1) is 0 Å². The van der Waals surface area contributed by atoms with Crippen molar-refractivity contribution in [3.8, 4) is 0 Å². The van der Waals surface area contributed by atoms with E-state index in [1.807, 2.05) is 0 Å². The third kappa shape index (κ3) is 4.48. The number of hydrogen-bond donors (Lipinski definition) is 0. The molecular weight excluding hydrogens is 278 g/mol. The van der Waals surface area contributed by atoms with E-state index in [0.717, 1.165) is 0 Å². The molecule has 0 aromatic heterocycles. The maximum absolute atomic E-state index is 12.0. The number of ether oxygens (including phenoxy) is 1. The number of ketones is 2. The zero-order chi connectivity index (χ0) is 16.0. The number of nitro groups is 1. The normalized spacial score (nSPS) is 11.5. The van der Waals surface area contributed by atoms with Gasteiger partial charge in [0.25, 0.3) is 5.69 Å². The summed E-state index contributed by atoms with van der Waals surface area (Å²) in [4.78, 5) is 45.0. The minimum Gasteiger partial charge on any atom is -0.465 e. The summed E-state index contributed by atoms with van der Waals surface area (Å²) in [6.07, 6.45) is -0.314. The predicted molar refractivity (Wildman–Crippen MR) is 72.8 cm³/mol. The number of rotatable bonds is 7. The Bertz CT molecular complexity index is 563.